The van der Waals surface area contributed by atoms with Crippen molar-refractivity contribution in [1.29, 1.82) is 0 Å². The van der Waals surface area contributed by atoms with Crippen LogP contribution in [0, 0.1) is 0 Å². The van der Waals surface area contributed by atoms with E-state index in [1.54, 1.807) is 28.9 Å². The van der Waals surface area contributed by atoms with Gasteiger partial charge in [0, 0.05) is 30.0 Å². The third kappa shape index (κ3) is 4.80. The molecule has 2 heterocycles. The van der Waals surface area contributed by atoms with E-state index in [4.69, 9.17) is 14.8 Å². The van der Waals surface area contributed by atoms with Gasteiger partial charge in [-0.2, -0.15) is 9.61 Å². The molecule has 0 unspecified atom stereocenters. The van der Waals surface area contributed by atoms with Gasteiger partial charge in [0.2, 0.25) is 0 Å². The second-order valence-corrected chi connectivity index (χ2v) is 9.26. The zero-order valence-corrected chi connectivity index (χ0v) is 18.4. The molecular weight excluding hydrogens is 428 g/mol. The highest BCUT2D eigenvalue weighted by molar-refractivity contribution is 7.90. The van der Waals surface area contributed by atoms with Gasteiger partial charge in [-0.05, 0) is 17.7 Å². The highest BCUT2D eigenvalue weighted by Gasteiger charge is 2.16. The molecule has 9 heteroatoms. The standard InChI is InChI=1S/C23H24N4O4S/c1-32(29,30)19-9-5-8-18(14-19)20-16-25-27-22(24-10-12-31-13-11-28)15-21(26-23(20)27)17-6-3-2-4-7-17/h2-9,14-16,24,28H,10-13H2,1H3. The van der Waals surface area contributed by atoms with Gasteiger partial charge in [0.1, 0.15) is 5.82 Å². The first-order valence-electron chi connectivity index (χ1n) is 10.1. The molecule has 0 bridgehead atoms. The molecule has 0 amide bonds. The topological polar surface area (TPSA) is 106 Å². The van der Waals surface area contributed by atoms with E-state index >= 15 is 0 Å². The first-order valence-corrected chi connectivity index (χ1v) is 12.0. The Morgan fingerprint density at radius 3 is 2.56 bits per heavy atom. The van der Waals surface area contributed by atoms with Crippen molar-refractivity contribution >= 4 is 21.3 Å². The van der Waals surface area contributed by atoms with Gasteiger partial charge in [-0.15, -0.1) is 0 Å². The lowest BCUT2D eigenvalue weighted by molar-refractivity contribution is 0.0991. The summed E-state index contributed by atoms with van der Waals surface area (Å²) >= 11 is 0. The summed E-state index contributed by atoms with van der Waals surface area (Å²) in [6, 6.07) is 18.5. The number of aliphatic hydroxyl groups excluding tert-OH is 1. The molecule has 2 N–H and O–H groups in total. The third-order valence-corrected chi connectivity index (χ3v) is 6.01. The van der Waals surface area contributed by atoms with Crippen LogP contribution in [-0.4, -0.2) is 60.7 Å². The molecule has 0 saturated heterocycles. The van der Waals surface area contributed by atoms with Crippen molar-refractivity contribution in [2.24, 2.45) is 0 Å². The van der Waals surface area contributed by atoms with Crippen molar-refractivity contribution in [1.82, 2.24) is 14.6 Å². The van der Waals surface area contributed by atoms with E-state index in [-0.39, 0.29) is 18.1 Å². The smallest absolute Gasteiger partial charge is 0.175 e. The number of aromatic nitrogens is 3. The van der Waals surface area contributed by atoms with Crippen LogP contribution in [0.3, 0.4) is 0 Å². The zero-order chi connectivity index (χ0) is 22.6. The maximum absolute atomic E-state index is 12.0. The van der Waals surface area contributed by atoms with E-state index in [2.05, 4.69) is 10.4 Å². The summed E-state index contributed by atoms with van der Waals surface area (Å²) in [7, 11) is -3.34. The minimum Gasteiger partial charge on any atom is -0.394 e. The maximum atomic E-state index is 12.0. The lowest BCUT2D eigenvalue weighted by Crippen LogP contribution is -2.14. The number of ether oxygens (including phenoxy) is 1. The Kier molecular flexibility index (Phi) is 6.50. The van der Waals surface area contributed by atoms with Crippen molar-refractivity contribution < 1.29 is 18.3 Å². The van der Waals surface area contributed by atoms with Crippen molar-refractivity contribution in [2.45, 2.75) is 4.90 Å². The Hall–Kier alpha value is -3.27. The lowest BCUT2D eigenvalue weighted by Gasteiger charge is -2.12. The fourth-order valence-electron chi connectivity index (χ4n) is 3.36. The fraction of sp³-hybridized carbons (Fsp3) is 0.217. The minimum absolute atomic E-state index is 0.0211. The van der Waals surface area contributed by atoms with Crippen LogP contribution in [0.25, 0.3) is 28.0 Å². The largest absolute Gasteiger partial charge is 0.394 e. The summed E-state index contributed by atoms with van der Waals surface area (Å²) in [6.07, 6.45) is 2.88. The Morgan fingerprint density at radius 1 is 1.03 bits per heavy atom. The maximum Gasteiger partial charge on any atom is 0.175 e. The number of rotatable bonds is 9. The average Bonchev–Trinajstić information content (AvgIpc) is 3.23. The van der Waals surface area contributed by atoms with E-state index < -0.39 is 9.84 Å². The second-order valence-electron chi connectivity index (χ2n) is 7.25. The molecule has 32 heavy (non-hydrogen) atoms. The molecular formula is C23H24N4O4S. The highest BCUT2D eigenvalue weighted by Crippen LogP contribution is 2.30. The van der Waals surface area contributed by atoms with E-state index in [0.717, 1.165) is 28.2 Å². The number of fused-ring (bicyclic) bond motifs is 1. The van der Waals surface area contributed by atoms with E-state index in [1.165, 1.54) is 6.26 Å². The molecule has 2 aromatic heterocycles. The van der Waals surface area contributed by atoms with Crippen LogP contribution in [0.4, 0.5) is 5.82 Å². The molecule has 0 spiro atoms. The van der Waals surface area contributed by atoms with Gasteiger partial charge in [-0.25, -0.2) is 13.4 Å². The van der Waals surface area contributed by atoms with Gasteiger partial charge in [0.25, 0.3) is 0 Å². The van der Waals surface area contributed by atoms with Crippen molar-refractivity contribution in [2.75, 3.05) is 37.9 Å². The molecule has 0 aliphatic carbocycles. The third-order valence-electron chi connectivity index (χ3n) is 4.90. The Bertz CT molecular complexity index is 1320. The summed E-state index contributed by atoms with van der Waals surface area (Å²) in [5, 5.41) is 16.7. The normalized spacial score (nSPS) is 11.7. The Labute approximate surface area is 186 Å². The molecule has 0 aliphatic rings. The summed E-state index contributed by atoms with van der Waals surface area (Å²) in [6.45, 7) is 1.21. The minimum atomic E-state index is -3.34. The van der Waals surface area contributed by atoms with Crippen LogP contribution < -0.4 is 5.32 Å². The van der Waals surface area contributed by atoms with Crippen LogP contribution in [-0.2, 0) is 14.6 Å². The molecule has 2 aromatic carbocycles. The Balaban J connectivity index is 1.80. The first-order chi connectivity index (χ1) is 15.5. The number of nitrogens with zero attached hydrogens (tertiary/aromatic N) is 3. The number of hydrogen-bond acceptors (Lipinski definition) is 7. The predicted octanol–water partition coefficient (Wildman–Crippen LogP) is 2.89. The monoisotopic (exact) mass is 452 g/mol. The number of aliphatic hydroxyl groups is 1. The molecule has 8 nitrogen and oxygen atoms in total. The van der Waals surface area contributed by atoms with Gasteiger partial charge in [0.05, 0.1) is 36.6 Å². The van der Waals surface area contributed by atoms with Crippen molar-refractivity contribution in [3.05, 3.63) is 66.9 Å². The van der Waals surface area contributed by atoms with Crippen LogP contribution in [0.2, 0.25) is 0 Å². The fourth-order valence-corrected chi connectivity index (χ4v) is 4.03. The van der Waals surface area contributed by atoms with Gasteiger partial charge < -0.3 is 15.2 Å². The highest BCUT2D eigenvalue weighted by atomic mass is 32.2. The molecule has 0 atom stereocenters. The summed E-state index contributed by atoms with van der Waals surface area (Å²) in [4.78, 5) is 5.08. The molecule has 4 aromatic rings. The van der Waals surface area contributed by atoms with Crippen LogP contribution in [0.15, 0.2) is 71.8 Å². The molecule has 0 aliphatic heterocycles. The predicted molar refractivity (Wildman–Crippen MR) is 123 cm³/mol. The quantitative estimate of drug-likeness (QED) is 0.376. The van der Waals surface area contributed by atoms with Gasteiger partial charge in [0.15, 0.2) is 15.5 Å². The molecule has 166 valence electrons. The van der Waals surface area contributed by atoms with E-state index in [0.29, 0.717) is 18.8 Å². The van der Waals surface area contributed by atoms with Gasteiger partial charge in [-0.1, -0.05) is 42.5 Å². The van der Waals surface area contributed by atoms with E-state index in [9.17, 15) is 8.42 Å². The molecule has 0 saturated carbocycles. The van der Waals surface area contributed by atoms with Crippen LogP contribution in [0.1, 0.15) is 0 Å². The molecule has 0 fully saturated rings. The van der Waals surface area contributed by atoms with Crippen molar-refractivity contribution in [3.63, 3.8) is 0 Å². The summed E-state index contributed by atoms with van der Waals surface area (Å²) < 4.78 is 31.1. The first kappa shape index (κ1) is 21.9. The number of nitrogens with one attached hydrogen (secondary N) is 1. The van der Waals surface area contributed by atoms with E-state index in [1.807, 2.05) is 42.5 Å². The second kappa shape index (κ2) is 9.47. The molecule has 4 rings (SSSR count). The van der Waals surface area contributed by atoms with Crippen molar-refractivity contribution in [3.8, 4) is 22.4 Å². The zero-order valence-electron chi connectivity index (χ0n) is 17.6. The van der Waals surface area contributed by atoms with Gasteiger partial charge in [-0.3, -0.25) is 0 Å². The Morgan fingerprint density at radius 2 is 1.81 bits per heavy atom. The summed E-state index contributed by atoms with van der Waals surface area (Å²) in [5.41, 5.74) is 3.77. The SMILES string of the molecule is CS(=O)(=O)c1cccc(-c2cnn3c(NCCOCCO)cc(-c4ccccc4)nc23)c1. The molecule has 0 radical (unpaired) electrons. The lowest BCUT2D eigenvalue weighted by atomic mass is 10.1. The number of anilines is 1. The van der Waals surface area contributed by atoms with Gasteiger partial charge >= 0.3 is 0 Å². The summed E-state index contributed by atoms with van der Waals surface area (Å²) in [5.74, 6) is 0.729. The number of benzene rings is 2. The number of sulfone groups is 1. The van der Waals surface area contributed by atoms with Crippen LogP contribution in [0.5, 0.6) is 0 Å². The average molecular weight is 453 g/mol. The number of hydrogen-bond donors (Lipinski definition) is 2. The van der Waals surface area contributed by atoms with Crippen LogP contribution >= 0.6 is 0 Å².